The fourth-order valence-corrected chi connectivity index (χ4v) is 3.09. The Kier molecular flexibility index (Phi) is 3.04. The second-order valence-electron chi connectivity index (χ2n) is 4.94. The van der Waals surface area contributed by atoms with Crippen molar-refractivity contribution in [3.63, 3.8) is 0 Å². The maximum atomic E-state index is 12.2. The summed E-state index contributed by atoms with van der Waals surface area (Å²) >= 11 is 0. The first-order chi connectivity index (χ1) is 9.09. The van der Waals surface area contributed by atoms with Crippen LogP contribution in [0.1, 0.15) is 0 Å². The van der Waals surface area contributed by atoms with E-state index in [9.17, 15) is 14.7 Å². The van der Waals surface area contributed by atoms with Gasteiger partial charge in [0, 0.05) is 12.5 Å². The largest absolute Gasteiger partial charge is 0.480 e. The highest BCUT2D eigenvalue weighted by atomic mass is 16.5. The van der Waals surface area contributed by atoms with Crippen LogP contribution in [-0.4, -0.2) is 65.2 Å². The molecule has 0 aromatic carbocycles. The van der Waals surface area contributed by atoms with Crippen molar-refractivity contribution in [2.45, 2.75) is 18.4 Å². The number of carbonyl (C=O) groups excluding carboxylic acids is 1. The Balaban J connectivity index is 1.59. The van der Waals surface area contributed by atoms with Crippen LogP contribution in [-0.2, 0) is 19.1 Å². The SMILES string of the molecule is O=C(O)COCCN1C(=O)C2C3C=CC(O3)C2C1O. The van der Waals surface area contributed by atoms with E-state index < -0.39 is 18.8 Å². The summed E-state index contributed by atoms with van der Waals surface area (Å²) in [4.78, 5) is 23.8. The van der Waals surface area contributed by atoms with E-state index in [-0.39, 0.29) is 43.1 Å². The molecular formula is C12H15NO6. The molecule has 0 aromatic rings. The van der Waals surface area contributed by atoms with Crippen molar-refractivity contribution in [1.82, 2.24) is 4.90 Å². The molecule has 3 rings (SSSR count). The average Bonchev–Trinajstić information content (AvgIpc) is 3.02. The van der Waals surface area contributed by atoms with Crippen molar-refractivity contribution in [1.29, 1.82) is 0 Å². The smallest absolute Gasteiger partial charge is 0.329 e. The molecule has 3 heterocycles. The number of carboxylic acids is 1. The van der Waals surface area contributed by atoms with Crippen LogP contribution in [0.4, 0.5) is 0 Å². The highest BCUT2D eigenvalue weighted by molar-refractivity contribution is 5.83. The number of aliphatic hydroxyl groups is 1. The Labute approximate surface area is 109 Å². The lowest BCUT2D eigenvalue weighted by atomic mass is 9.85. The first-order valence-corrected chi connectivity index (χ1v) is 6.21. The number of amides is 1. The van der Waals surface area contributed by atoms with E-state index in [0.717, 1.165) is 0 Å². The summed E-state index contributed by atoms with van der Waals surface area (Å²) in [6, 6.07) is 0. The summed E-state index contributed by atoms with van der Waals surface area (Å²) in [5.74, 6) is -1.74. The molecule has 104 valence electrons. The van der Waals surface area contributed by atoms with Gasteiger partial charge in [0.15, 0.2) is 0 Å². The highest BCUT2D eigenvalue weighted by Gasteiger charge is 2.59. The van der Waals surface area contributed by atoms with Gasteiger partial charge in [-0.1, -0.05) is 12.2 Å². The van der Waals surface area contributed by atoms with Gasteiger partial charge in [0.1, 0.15) is 12.8 Å². The Bertz CT molecular complexity index is 436. The minimum Gasteiger partial charge on any atom is -0.480 e. The molecular weight excluding hydrogens is 254 g/mol. The van der Waals surface area contributed by atoms with E-state index in [1.807, 2.05) is 12.2 Å². The molecule has 3 aliphatic rings. The maximum absolute atomic E-state index is 12.2. The Hall–Kier alpha value is -1.44. The molecule has 0 aliphatic carbocycles. The summed E-state index contributed by atoms with van der Waals surface area (Å²) < 4.78 is 10.5. The Morgan fingerprint density at radius 1 is 1.42 bits per heavy atom. The number of ether oxygens (including phenoxy) is 2. The minimum atomic E-state index is -1.05. The van der Waals surface area contributed by atoms with Crippen LogP contribution in [0, 0.1) is 11.8 Å². The number of fused-ring (bicyclic) bond motifs is 5. The van der Waals surface area contributed by atoms with E-state index in [2.05, 4.69) is 0 Å². The maximum Gasteiger partial charge on any atom is 0.329 e. The van der Waals surface area contributed by atoms with Gasteiger partial charge in [-0.05, 0) is 0 Å². The molecule has 7 heteroatoms. The summed E-state index contributed by atoms with van der Waals surface area (Å²) in [6.07, 6.45) is 2.43. The normalized spacial score (nSPS) is 39.1. The molecule has 5 unspecified atom stereocenters. The Morgan fingerprint density at radius 3 is 2.84 bits per heavy atom. The molecule has 0 saturated carbocycles. The summed E-state index contributed by atoms with van der Waals surface area (Å²) in [5.41, 5.74) is 0. The predicted molar refractivity (Wildman–Crippen MR) is 61.0 cm³/mol. The van der Waals surface area contributed by atoms with Gasteiger partial charge in [-0.2, -0.15) is 0 Å². The van der Waals surface area contributed by atoms with Crippen LogP contribution in [0.5, 0.6) is 0 Å². The van der Waals surface area contributed by atoms with Crippen LogP contribution >= 0.6 is 0 Å². The van der Waals surface area contributed by atoms with Crippen molar-refractivity contribution < 1.29 is 29.3 Å². The van der Waals surface area contributed by atoms with Gasteiger partial charge in [0.2, 0.25) is 5.91 Å². The van der Waals surface area contributed by atoms with Gasteiger partial charge < -0.3 is 24.6 Å². The number of rotatable bonds is 5. The lowest BCUT2D eigenvalue weighted by Crippen LogP contribution is -2.40. The molecule has 0 aromatic heterocycles. The van der Waals surface area contributed by atoms with Gasteiger partial charge in [0.05, 0.1) is 24.7 Å². The van der Waals surface area contributed by atoms with Crippen LogP contribution in [0.25, 0.3) is 0 Å². The van der Waals surface area contributed by atoms with E-state index in [0.29, 0.717) is 0 Å². The first-order valence-electron chi connectivity index (χ1n) is 6.21. The second-order valence-corrected chi connectivity index (χ2v) is 4.94. The molecule has 3 aliphatic heterocycles. The lowest BCUT2D eigenvalue weighted by Gasteiger charge is -2.24. The zero-order valence-electron chi connectivity index (χ0n) is 10.1. The number of nitrogens with zero attached hydrogens (tertiary/aromatic N) is 1. The van der Waals surface area contributed by atoms with Crippen molar-refractivity contribution in [3.05, 3.63) is 12.2 Å². The van der Waals surface area contributed by atoms with Gasteiger partial charge in [-0.25, -0.2) is 4.79 Å². The molecule has 7 nitrogen and oxygen atoms in total. The van der Waals surface area contributed by atoms with Gasteiger partial charge in [0.25, 0.3) is 0 Å². The molecule has 0 radical (unpaired) electrons. The standard InChI is InChI=1S/C12H15NO6/c14-8(15)5-18-4-3-13-11(16)9-6-1-2-7(19-6)10(9)12(13)17/h1-2,6-7,9-11,16H,3-5H2,(H,14,15). The van der Waals surface area contributed by atoms with Gasteiger partial charge >= 0.3 is 5.97 Å². The number of hydrogen-bond acceptors (Lipinski definition) is 5. The molecule has 2 N–H and O–H groups in total. The van der Waals surface area contributed by atoms with Crippen molar-refractivity contribution in [2.75, 3.05) is 19.8 Å². The zero-order valence-corrected chi connectivity index (χ0v) is 10.1. The quantitative estimate of drug-likeness (QED) is 0.481. The minimum absolute atomic E-state index is 0.0954. The van der Waals surface area contributed by atoms with Crippen molar-refractivity contribution in [3.8, 4) is 0 Å². The van der Waals surface area contributed by atoms with Gasteiger partial charge in [-0.3, -0.25) is 4.79 Å². The Morgan fingerprint density at radius 2 is 2.16 bits per heavy atom. The lowest BCUT2D eigenvalue weighted by molar-refractivity contribution is -0.143. The van der Waals surface area contributed by atoms with Gasteiger partial charge in [-0.15, -0.1) is 0 Å². The number of likely N-dealkylation sites (tertiary alicyclic amines) is 1. The van der Waals surface area contributed by atoms with E-state index in [1.54, 1.807) is 0 Å². The molecule has 0 spiro atoms. The third-order valence-electron chi connectivity index (χ3n) is 3.89. The number of aliphatic hydroxyl groups excluding tert-OH is 1. The van der Waals surface area contributed by atoms with Crippen LogP contribution in [0.2, 0.25) is 0 Å². The average molecular weight is 269 g/mol. The number of carboxylic acid groups (broad SMARTS) is 1. The van der Waals surface area contributed by atoms with E-state index in [1.165, 1.54) is 4.90 Å². The summed E-state index contributed by atoms with van der Waals surface area (Å²) in [7, 11) is 0. The predicted octanol–water partition coefficient (Wildman–Crippen LogP) is -1.18. The molecule has 2 fully saturated rings. The third-order valence-corrected chi connectivity index (χ3v) is 3.89. The molecule has 2 bridgehead atoms. The zero-order chi connectivity index (χ0) is 13.6. The fraction of sp³-hybridized carbons (Fsp3) is 0.667. The molecule has 1 amide bonds. The topological polar surface area (TPSA) is 96.3 Å². The third kappa shape index (κ3) is 1.94. The molecule has 2 saturated heterocycles. The van der Waals surface area contributed by atoms with Crippen LogP contribution in [0.3, 0.4) is 0 Å². The van der Waals surface area contributed by atoms with E-state index >= 15 is 0 Å². The number of hydrogen-bond donors (Lipinski definition) is 2. The summed E-state index contributed by atoms with van der Waals surface area (Å²) in [5, 5.41) is 18.6. The number of aliphatic carboxylic acids is 1. The van der Waals surface area contributed by atoms with Crippen molar-refractivity contribution in [2.24, 2.45) is 11.8 Å². The number of carbonyl (C=O) groups is 2. The molecule has 5 atom stereocenters. The second kappa shape index (κ2) is 4.59. The van der Waals surface area contributed by atoms with E-state index in [4.69, 9.17) is 14.6 Å². The first kappa shape index (κ1) is 12.6. The van der Waals surface area contributed by atoms with Crippen LogP contribution < -0.4 is 0 Å². The summed E-state index contributed by atoms with van der Waals surface area (Å²) in [6.45, 7) is -0.112. The highest BCUT2D eigenvalue weighted by Crippen LogP contribution is 2.46. The monoisotopic (exact) mass is 269 g/mol. The fourth-order valence-electron chi connectivity index (χ4n) is 3.09. The van der Waals surface area contributed by atoms with Crippen LogP contribution in [0.15, 0.2) is 12.2 Å². The molecule has 19 heavy (non-hydrogen) atoms. The van der Waals surface area contributed by atoms with Crippen molar-refractivity contribution >= 4 is 11.9 Å².